The van der Waals surface area contributed by atoms with Gasteiger partial charge in [-0.1, -0.05) is 32.4 Å². The molecule has 1 aliphatic carbocycles. The van der Waals surface area contributed by atoms with E-state index in [0.717, 1.165) is 19.3 Å². The highest BCUT2D eigenvalue weighted by Crippen LogP contribution is 2.51. The van der Waals surface area contributed by atoms with Crippen molar-refractivity contribution in [3.05, 3.63) is 29.9 Å². The summed E-state index contributed by atoms with van der Waals surface area (Å²) in [6.07, 6.45) is 9.13. The second-order valence-corrected chi connectivity index (χ2v) is 9.46. The third-order valence-electron chi connectivity index (χ3n) is 6.77. The van der Waals surface area contributed by atoms with Crippen LogP contribution in [0.3, 0.4) is 0 Å². The van der Waals surface area contributed by atoms with Gasteiger partial charge in [-0.3, -0.25) is 9.59 Å². The van der Waals surface area contributed by atoms with Crippen molar-refractivity contribution < 1.29 is 28.5 Å². The van der Waals surface area contributed by atoms with Gasteiger partial charge in [-0.25, -0.2) is 0 Å². The fourth-order valence-electron chi connectivity index (χ4n) is 4.71. The first-order chi connectivity index (χ1) is 15.0. The summed E-state index contributed by atoms with van der Waals surface area (Å²) in [5, 5.41) is 0. The minimum atomic E-state index is -0.569. The molecular weight excluding hydrogens is 408 g/mol. The van der Waals surface area contributed by atoms with Crippen molar-refractivity contribution in [2.75, 3.05) is 7.11 Å². The highest BCUT2D eigenvalue weighted by atomic mass is 16.6. The summed E-state index contributed by atoms with van der Waals surface area (Å²) < 4.78 is 22.6. The zero-order valence-corrected chi connectivity index (χ0v) is 20.0. The standard InChI is InChI=1S/C26H34O6/c1-16-9-8-11-25(5,17(16)2)13-14-26(6)12-10-20-23(31-19(4)28)22(30-18(3)27)15-21(29-7)24(20)32-26/h10,12,15-16H,2,8-9,11,13-14H2,1,3-7H3/t16-,25-,26-/m1/s1. The number of fused-ring (bicyclic) bond motifs is 1. The summed E-state index contributed by atoms with van der Waals surface area (Å²) in [6, 6.07) is 1.52. The third-order valence-corrected chi connectivity index (χ3v) is 6.77. The lowest BCUT2D eigenvalue weighted by molar-refractivity contribution is -0.134. The summed E-state index contributed by atoms with van der Waals surface area (Å²) in [4.78, 5) is 23.3. The zero-order valence-electron chi connectivity index (χ0n) is 20.0. The summed E-state index contributed by atoms with van der Waals surface area (Å²) in [6.45, 7) is 13.6. The minimum Gasteiger partial charge on any atom is -0.493 e. The molecule has 0 saturated heterocycles. The molecule has 0 radical (unpaired) electrons. The van der Waals surface area contributed by atoms with Crippen LogP contribution in [0.25, 0.3) is 6.08 Å². The maximum atomic E-state index is 11.7. The highest BCUT2D eigenvalue weighted by molar-refractivity contribution is 5.81. The van der Waals surface area contributed by atoms with Gasteiger partial charge >= 0.3 is 11.9 Å². The van der Waals surface area contributed by atoms with Crippen LogP contribution < -0.4 is 18.9 Å². The number of esters is 2. The van der Waals surface area contributed by atoms with Gasteiger partial charge in [0, 0.05) is 19.9 Å². The average Bonchev–Trinajstić information content (AvgIpc) is 2.71. The van der Waals surface area contributed by atoms with Crippen molar-refractivity contribution in [1.82, 2.24) is 0 Å². The summed E-state index contributed by atoms with van der Waals surface area (Å²) in [7, 11) is 1.52. The fraction of sp³-hybridized carbons (Fsp3) is 0.538. The number of ether oxygens (including phenoxy) is 4. The molecule has 1 aliphatic heterocycles. The Balaban J connectivity index is 1.93. The Bertz CT molecular complexity index is 962. The molecule has 1 aromatic carbocycles. The first-order valence-electron chi connectivity index (χ1n) is 11.2. The van der Waals surface area contributed by atoms with Crippen molar-refractivity contribution in [3.8, 4) is 23.0 Å². The molecule has 3 rings (SSSR count). The molecule has 32 heavy (non-hydrogen) atoms. The lowest BCUT2D eigenvalue weighted by Crippen LogP contribution is -2.36. The molecule has 0 spiro atoms. The summed E-state index contributed by atoms with van der Waals surface area (Å²) in [5.74, 6) is 0.612. The highest BCUT2D eigenvalue weighted by Gasteiger charge is 2.38. The van der Waals surface area contributed by atoms with Crippen LogP contribution in [-0.4, -0.2) is 24.6 Å². The van der Waals surface area contributed by atoms with Crippen molar-refractivity contribution in [2.24, 2.45) is 11.3 Å². The Morgan fingerprint density at radius 1 is 1.16 bits per heavy atom. The van der Waals surface area contributed by atoms with Gasteiger partial charge in [-0.2, -0.15) is 0 Å². The number of rotatable bonds is 6. The van der Waals surface area contributed by atoms with Crippen LogP contribution in [0.5, 0.6) is 23.0 Å². The molecule has 0 N–H and O–H groups in total. The van der Waals surface area contributed by atoms with E-state index in [-0.39, 0.29) is 16.9 Å². The van der Waals surface area contributed by atoms with Crippen molar-refractivity contribution in [3.63, 3.8) is 0 Å². The van der Waals surface area contributed by atoms with Gasteiger partial charge in [-0.05, 0) is 56.1 Å². The Hall–Kier alpha value is -2.76. The maximum absolute atomic E-state index is 11.7. The quantitative estimate of drug-likeness (QED) is 0.312. The van der Waals surface area contributed by atoms with Crippen LogP contribution in [0.4, 0.5) is 0 Å². The SMILES string of the molecule is C=C1[C@H](C)CCC[C@]1(C)CC[C@@]1(C)C=Cc2c(OC(C)=O)c(OC(C)=O)cc(OC)c2O1. The van der Waals surface area contributed by atoms with Gasteiger partial charge in [0.25, 0.3) is 0 Å². The number of methoxy groups -OCH3 is 1. The maximum Gasteiger partial charge on any atom is 0.308 e. The molecule has 1 fully saturated rings. The number of hydrogen-bond acceptors (Lipinski definition) is 6. The predicted octanol–water partition coefficient (Wildman–Crippen LogP) is 5.87. The van der Waals surface area contributed by atoms with E-state index in [2.05, 4.69) is 20.4 Å². The minimum absolute atomic E-state index is 0.0876. The van der Waals surface area contributed by atoms with Gasteiger partial charge < -0.3 is 18.9 Å². The molecule has 0 aromatic heterocycles. The number of allylic oxidation sites excluding steroid dienone is 1. The summed E-state index contributed by atoms with van der Waals surface area (Å²) >= 11 is 0. The first-order valence-corrected chi connectivity index (χ1v) is 11.2. The van der Waals surface area contributed by atoms with Crippen LogP contribution in [0, 0.1) is 11.3 Å². The molecule has 1 saturated carbocycles. The van der Waals surface area contributed by atoms with Gasteiger partial charge in [-0.15, -0.1) is 0 Å². The van der Waals surface area contributed by atoms with Crippen LogP contribution in [0.1, 0.15) is 72.3 Å². The van der Waals surface area contributed by atoms with Crippen LogP contribution in [0.2, 0.25) is 0 Å². The fourth-order valence-corrected chi connectivity index (χ4v) is 4.71. The van der Waals surface area contributed by atoms with E-state index in [1.165, 1.54) is 45.4 Å². The van der Waals surface area contributed by atoms with E-state index in [4.69, 9.17) is 18.9 Å². The molecule has 174 valence electrons. The molecule has 6 heteroatoms. The van der Waals surface area contributed by atoms with E-state index in [0.29, 0.717) is 23.0 Å². The molecule has 0 bridgehead atoms. The van der Waals surface area contributed by atoms with Crippen molar-refractivity contribution in [1.29, 1.82) is 0 Å². The topological polar surface area (TPSA) is 71.1 Å². The van der Waals surface area contributed by atoms with E-state index in [1.54, 1.807) is 0 Å². The molecule has 1 aromatic rings. The number of benzene rings is 1. The Morgan fingerprint density at radius 3 is 2.47 bits per heavy atom. The molecule has 0 amide bonds. The second-order valence-electron chi connectivity index (χ2n) is 9.46. The van der Waals surface area contributed by atoms with Gasteiger partial charge in [0.2, 0.25) is 0 Å². The largest absolute Gasteiger partial charge is 0.493 e. The van der Waals surface area contributed by atoms with Crippen LogP contribution in [0.15, 0.2) is 24.3 Å². The van der Waals surface area contributed by atoms with E-state index < -0.39 is 17.5 Å². The zero-order chi connectivity index (χ0) is 23.7. The Labute approximate surface area is 190 Å². The van der Waals surface area contributed by atoms with Gasteiger partial charge in [0.15, 0.2) is 23.0 Å². The molecular formula is C26H34O6. The molecule has 3 atom stereocenters. The van der Waals surface area contributed by atoms with Gasteiger partial charge in [0.1, 0.15) is 5.60 Å². The third kappa shape index (κ3) is 4.84. The predicted molar refractivity (Wildman–Crippen MR) is 123 cm³/mol. The van der Waals surface area contributed by atoms with Gasteiger partial charge in [0.05, 0.1) is 12.7 Å². The first kappa shape index (κ1) is 23.9. The molecule has 6 nitrogen and oxygen atoms in total. The molecule has 2 aliphatic rings. The molecule has 0 unspecified atom stereocenters. The van der Waals surface area contributed by atoms with Crippen LogP contribution in [-0.2, 0) is 9.59 Å². The monoisotopic (exact) mass is 442 g/mol. The van der Waals surface area contributed by atoms with E-state index in [9.17, 15) is 9.59 Å². The molecule has 1 heterocycles. The lowest BCUT2D eigenvalue weighted by atomic mass is 9.65. The number of hydrogen-bond donors (Lipinski definition) is 0. The van der Waals surface area contributed by atoms with Crippen molar-refractivity contribution in [2.45, 2.75) is 72.3 Å². The summed E-state index contributed by atoms with van der Waals surface area (Å²) in [5.41, 5.74) is 1.36. The Morgan fingerprint density at radius 2 is 1.84 bits per heavy atom. The van der Waals surface area contributed by atoms with Crippen molar-refractivity contribution >= 4 is 18.0 Å². The second kappa shape index (κ2) is 9.00. The smallest absolute Gasteiger partial charge is 0.308 e. The lowest BCUT2D eigenvalue weighted by Gasteiger charge is -2.42. The Kier molecular flexibility index (Phi) is 6.72. The van der Waals surface area contributed by atoms with E-state index in [1.807, 2.05) is 19.1 Å². The van der Waals surface area contributed by atoms with Crippen LogP contribution >= 0.6 is 0 Å². The van der Waals surface area contributed by atoms with E-state index >= 15 is 0 Å². The number of carbonyl (C=O) groups is 2. The normalized spacial score (nSPS) is 26.7. The average molecular weight is 443 g/mol. The number of carbonyl (C=O) groups excluding carboxylic acids is 2.